The number of fused-ring (bicyclic) bond motifs is 1. The third kappa shape index (κ3) is 9.96. The lowest BCUT2D eigenvalue weighted by atomic mass is 10.0. The van der Waals surface area contributed by atoms with Crippen LogP contribution in [0.5, 0.6) is 5.75 Å². The van der Waals surface area contributed by atoms with Crippen LogP contribution >= 0.6 is 0 Å². The Morgan fingerprint density at radius 3 is 2.52 bits per heavy atom. The smallest absolute Gasteiger partial charge is 0.323 e. The topological polar surface area (TPSA) is 103 Å². The number of carbonyl (C=O) groups is 2. The fourth-order valence-electron chi connectivity index (χ4n) is 5.07. The van der Waals surface area contributed by atoms with Gasteiger partial charge in [0.2, 0.25) is 0 Å². The van der Waals surface area contributed by atoms with Gasteiger partial charge < -0.3 is 35.0 Å². The number of anilines is 2. The second-order valence-electron chi connectivity index (χ2n) is 11.4. The molecule has 2 aromatic carbocycles. The lowest BCUT2D eigenvalue weighted by Gasteiger charge is -2.35. The molecule has 42 heavy (non-hydrogen) atoms. The maximum absolute atomic E-state index is 14.2. The van der Waals surface area contributed by atoms with Crippen LogP contribution in [0.3, 0.4) is 0 Å². The first-order chi connectivity index (χ1) is 20.1. The number of ether oxygens (including phenoxy) is 2. The first kappa shape index (κ1) is 33.3. The average molecular weight is 587 g/mol. The number of amides is 3. The van der Waals surface area contributed by atoms with Gasteiger partial charge in [-0.25, -0.2) is 9.18 Å². The molecule has 1 aliphatic heterocycles. The van der Waals surface area contributed by atoms with Crippen molar-refractivity contribution in [1.29, 1.82) is 0 Å². The molecule has 9 nitrogen and oxygen atoms in total. The molecule has 0 unspecified atom stereocenters. The highest BCUT2D eigenvalue weighted by Gasteiger charge is 2.30. The minimum atomic E-state index is -0.533. The number of urea groups is 1. The molecule has 0 bridgehead atoms. The van der Waals surface area contributed by atoms with Gasteiger partial charge in [-0.15, -0.1) is 0 Å². The first-order valence-electron chi connectivity index (χ1n) is 15.0. The summed E-state index contributed by atoms with van der Waals surface area (Å²) in [5.74, 6) is -0.281. The van der Waals surface area contributed by atoms with Crippen molar-refractivity contribution in [3.05, 3.63) is 53.8 Å². The zero-order valence-corrected chi connectivity index (χ0v) is 25.6. The number of hydrogen-bond acceptors (Lipinski definition) is 6. The Hall–Kier alpha value is -3.21. The highest BCUT2D eigenvalue weighted by atomic mass is 19.1. The summed E-state index contributed by atoms with van der Waals surface area (Å²) in [5.41, 5.74) is 1.12. The van der Waals surface area contributed by atoms with Crippen LogP contribution in [0.2, 0.25) is 0 Å². The van der Waals surface area contributed by atoms with E-state index in [1.807, 2.05) is 13.8 Å². The van der Waals surface area contributed by atoms with E-state index < -0.39 is 17.9 Å². The molecule has 4 atom stereocenters. The summed E-state index contributed by atoms with van der Waals surface area (Å²) in [7, 11) is 2.08. The van der Waals surface area contributed by atoms with Crippen molar-refractivity contribution in [1.82, 2.24) is 9.80 Å². The number of aliphatic hydroxyl groups is 1. The number of rotatable bonds is 8. The van der Waals surface area contributed by atoms with E-state index in [9.17, 15) is 19.1 Å². The van der Waals surface area contributed by atoms with Crippen LogP contribution in [0.15, 0.2) is 42.5 Å². The number of benzene rings is 2. The van der Waals surface area contributed by atoms with Crippen molar-refractivity contribution in [2.75, 3.05) is 50.5 Å². The molecule has 0 fully saturated rings. The third-order valence-electron chi connectivity index (χ3n) is 7.51. The van der Waals surface area contributed by atoms with Gasteiger partial charge in [0.05, 0.1) is 30.4 Å². The Balaban J connectivity index is 1.91. The van der Waals surface area contributed by atoms with Crippen molar-refractivity contribution in [3.63, 3.8) is 0 Å². The number of carbonyl (C=O) groups excluding carboxylic acids is 2. The standard InChI is InChI=1S/C32H47FN4O5/c1-6-16-36(5)20-30-22(2)19-37(23(3)21-38)31(39)28-18-27(35-32(40)34-26-12-10-25(33)11-13-26)14-15-29(28)42-24(4)9-7-8-17-41-30/h10-15,18,22-24,30,38H,6-9,16-17,19-21H2,1-5H3,(H2,34,35,40)/t22-,23-,24-,30-/m0/s1. The van der Waals surface area contributed by atoms with Crippen LogP contribution in [0.25, 0.3) is 0 Å². The molecule has 0 aliphatic carbocycles. The minimum absolute atomic E-state index is 0.00344. The molecule has 232 valence electrons. The lowest BCUT2D eigenvalue weighted by Crippen LogP contribution is -2.47. The largest absolute Gasteiger partial charge is 0.490 e. The maximum Gasteiger partial charge on any atom is 0.323 e. The second-order valence-corrected chi connectivity index (χ2v) is 11.4. The van der Waals surface area contributed by atoms with Gasteiger partial charge in [-0.2, -0.15) is 0 Å². The Bertz CT molecular complexity index is 1150. The Kier molecular flexibility index (Phi) is 13.0. The molecule has 3 rings (SSSR count). The minimum Gasteiger partial charge on any atom is -0.490 e. The predicted molar refractivity (Wildman–Crippen MR) is 164 cm³/mol. The second kappa shape index (κ2) is 16.4. The van der Waals surface area contributed by atoms with Gasteiger partial charge in [0.1, 0.15) is 11.6 Å². The van der Waals surface area contributed by atoms with Crippen molar-refractivity contribution < 1.29 is 28.6 Å². The van der Waals surface area contributed by atoms with Crippen molar-refractivity contribution >= 4 is 23.3 Å². The van der Waals surface area contributed by atoms with E-state index in [-0.39, 0.29) is 30.6 Å². The number of nitrogens with zero attached hydrogens (tertiary/aromatic N) is 2. The number of aliphatic hydroxyl groups excluding tert-OH is 1. The van der Waals surface area contributed by atoms with Crippen LogP contribution < -0.4 is 15.4 Å². The van der Waals surface area contributed by atoms with Gasteiger partial charge in [0, 0.05) is 37.0 Å². The Morgan fingerprint density at radius 1 is 1.14 bits per heavy atom. The van der Waals surface area contributed by atoms with Crippen LogP contribution in [-0.4, -0.2) is 85.0 Å². The molecule has 1 heterocycles. The van der Waals surface area contributed by atoms with Gasteiger partial charge in [-0.05, 0) is 95.6 Å². The van der Waals surface area contributed by atoms with Gasteiger partial charge in [0.25, 0.3) is 5.91 Å². The summed E-state index contributed by atoms with van der Waals surface area (Å²) in [5, 5.41) is 15.5. The molecule has 0 saturated carbocycles. The molecule has 10 heteroatoms. The summed E-state index contributed by atoms with van der Waals surface area (Å²) in [6, 6.07) is 9.43. The van der Waals surface area contributed by atoms with E-state index in [1.165, 1.54) is 24.3 Å². The monoisotopic (exact) mass is 586 g/mol. The fraction of sp³-hybridized carbons (Fsp3) is 0.562. The van der Waals surface area contributed by atoms with E-state index in [0.717, 1.165) is 38.8 Å². The van der Waals surface area contributed by atoms with Crippen LogP contribution in [0.4, 0.5) is 20.6 Å². The summed E-state index contributed by atoms with van der Waals surface area (Å²) in [4.78, 5) is 30.8. The first-order valence-corrected chi connectivity index (χ1v) is 15.0. The molecule has 0 radical (unpaired) electrons. The molecule has 3 N–H and O–H groups in total. The molecule has 0 saturated heterocycles. The molecular formula is C32H47FN4O5. The van der Waals surface area contributed by atoms with E-state index >= 15 is 0 Å². The quantitative estimate of drug-likeness (QED) is 0.372. The molecule has 0 spiro atoms. The summed E-state index contributed by atoms with van der Waals surface area (Å²) >= 11 is 0. The molecular weight excluding hydrogens is 539 g/mol. The van der Waals surface area contributed by atoms with Crippen molar-refractivity contribution in [2.45, 2.75) is 71.6 Å². The normalized spacial score (nSPS) is 21.2. The van der Waals surface area contributed by atoms with E-state index in [1.54, 1.807) is 23.1 Å². The predicted octanol–water partition coefficient (Wildman–Crippen LogP) is 5.61. The Morgan fingerprint density at radius 2 is 1.83 bits per heavy atom. The van der Waals surface area contributed by atoms with E-state index in [2.05, 4.69) is 36.4 Å². The molecule has 2 aromatic rings. The highest BCUT2D eigenvalue weighted by Crippen LogP contribution is 2.28. The van der Waals surface area contributed by atoms with E-state index in [0.29, 0.717) is 35.8 Å². The Labute approximate surface area is 249 Å². The van der Waals surface area contributed by atoms with Gasteiger partial charge in [0.15, 0.2) is 0 Å². The van der Waals surface area contributed by atoms with Crippen LogP contribution in [0.1, 0.15) is 63.7 Å². The zero-order chi connectivity index (χ0) is 30.6. The summed E-state index contributed by atoms with van der Waals surface area (Å²) in [6.45, 7) is 10.5. The zero-order valence-electron chi connectivity index (χ0n) is 25.6. The van der Waals surface area contributed by atoms with Gasteiger partial charge >= 0.3 is 6.03 Å². The van der Waals surface area contributed by atoms with Crippen LogP contribution in [0, 0.1) is 11.7 Å². The maximum atomic E-state index is 14.2. The number of likely N-dealkylation sites (N-methyl/N-ethyl adjacent to an activating group) is 1. The number of nitrogens with one attached hydrogen (secondary N) is 2. The van der Waals surface area contributed by atoms with E-state index in [4.69, 9.17) is 9.47 Å². The molecule has 1 aliphatic rings. The fourth-order valence-corrected chi connectivity index (χ4v) is 5.07. The molecule has 0 aromatic heterocycles. The van der Waals surface area contributed by atoms with Gasteiger partial charge in [-0.1, -0.05) is 13.8 Å². The summed E-state index contributed by atoms with van der Waals surface area (Å²) < 4.78 is 25.9. The molecule has 3 amide bonds. The number of hydrogen-bond donors (Lipinski definition) is 3. The lowest BCUT2D eigenvalue weighted by molar-refractivity contribution is -0.0167. The van der Waals surface area contributed by atoms with Crippen molar-refractivity contribution in [3.8, 4) is 5.75 Å². The summed E-state index contributed by atoms with van der Waals surface area (Å²) in [6.07, 6.45) is 3.44. The number of halogens is 1. The third-order valence-corrected chi connectivity index (χ3v) is 7.51. The average Bonchev–Trinajstić information content (AvgIpc) is 2.96. The van der Waals surface area contributed by atoms with Crippen LogP contribution in [-0.2, 0) is 4.74 Å². The SMILES string of the molecule is CCCN(C)C[C@@H]1OCCCC[C@H](C)Oc2ccc(NC(=O)Nc3ccc(F)cc3)cc2C(=O)N([C@@H](C)CO)C[C@@H]1C. The van der Waals surface area contributed by atoms with Crippen molar-refractivity contribution in [2.24, 2.45) is 5.92 Å². The van der Waals surface area contributed by atoms with Gasteiger partial charge in [-0.3, -0.25) is 4.79 Å². The highest BCUT2D eigenvalue weighted by molar-refractivity contribution is 6.02.